The van der Waals surface area contributed by atoms with E-state index in [1.165, 1.54) is 5.69 Å². The first-order valence-corrected chi connectivity index (χ1v) is 5.62. The van der Waals surface area contributed by atoms with E-state index in [0.717, 1.165) is 26.0 Å². The van der Waals surface area contributed by atoms with Crippen molar-refractivity contribution in [1.82, 2.24) is 9.55 Å². The van der Waals surface area contributed by atoms with E-state index in [1.54, 1.807) is 0 Å². The average Bonchev–Trinajstić information content (AvgIpc) is 2.80. The largest absolute Gasteiger partial charge is 0.378 e. The monoisotopic (exact) mass is 209 g/mol. The summed E-state index contributed by atoms with van der Waals surface area (Å²) in [6, 6.07) is 0. The molecule has 1 aromatic rings. The van der Waals surface area contributed by atoms with Crippen LogP contribution in [0.2, 0.25) is 0 Å². The average molecular weight is 209 g/mol. The summed E-state index contributed by atoms with van der Waals surface area (Å²) in [5.41, 5.74) is 6.79. The van der Waals surface area contributed by atoms with Crippen LogP contribution in [0.15, 0.2) is 12.5 Å². The summed E-state index contributed by atoms with van der Waals surface area (Å²) in [6.07, 6.45) is 6.24. The van der Waals surface area contributed by atoms with Gasteiger partial charge in [0, 0.05) is 37.4 Å². The van der Waals surface area contributed by atoms with Crippen molar-refractivity contribution in [1.29, 1.82) is 0 Å². The zero-order chi connectivity index (χ0) is 10.7. The SMILES string of the molecule is CC1OCCC1Cn1cncc1CCN. The van der Waals surface area contributed by atoms with Gasteiger partial charge >= 0.3 is 0 Å². The van der Waals surface area contributed by atoms with E-state index in [1.807, 2.05) is 12.5 Å². The third-order valence-corrected chi connectivity index (χ3v) is 3.16. The molecule has 2 heterocycles. The summed E-state index contributed by atoms with van der Waals surface area (Å²) in [6.45, 7) is 4.74. The Kier molecular flexibility index (Phi) is 3.38. The van der Waals surface area contributed by atoms with E-state index < -0.39 is 0 Å². The maximum atomic E-state index is 5.56. The lowest BCUT2D eigenvalue weighted by atomic mass is 10.0. The Hall–Kier alpha value is -0.870. The van der Waals surface area contributed by atoms with Crippen LogP contribution < -0.4 is 5.73 Å². The van der Waals surface area contributed by atoms with E-state index in [0.29, 0.717) is 18.6 Å². The van der Waals surface area contributed by atoms with Crippen LogP contribution in [0.25, 0.3) is 0 Å². The van der Waals surface area contributed by atoms with E-state index in [2.05, 4.69) is 16.5 Å². The van der Waals surface area contributed by atoms with Crippen LogP contribution in [0.5, 0.6) is 0 Å². The van der Waals surface area contributed by atoms with Gasteiger partial charge in [0.05, 0.1) is 12.4 Å². The van der Waals surface area contributed by atoms with Gasteiger partial charge in [-0.1, -0.05) is 0 Å². The number of aromatic nitrogens is 2. The van der Waals surface area contributed by atoms with Gasteiger partial charge in [-0.05, 0) is 19.9 Å². The Morgan fingerprint density at radius 3 is 3.20 bits per heavy atom. The van der Waals surface area contributed by atoms with Crippen LogP contribution in [0.3, 0.4) is 0 Å². The topological polar surface area (TPSA) is 53.1 Å². The minimum absolute atomic E-state index is 0.373. The predicted molar refractivity (Wildman–Crippen MR) is 58.5 cm³/mol. The van der Waals surface area contributed by atoms with Crippen LogP contribution >= 0.6 is 0 Å². The first-order valence-electron chi connectivity index (χ1n) is 5.62. The van der Waals surface area contributed by atoms with Gasteiger partial charge in [0.1, 0.15) is 0 Å². The molecule has 0 aliphatic carbocycles. The Morgan fingerprint density at radius 2 is 2.53 bits per heavy atom. The fourth-order valence-corrected chi connectivity index (χ4v) is 2.14. The van der Waals surface area contributed by atoms with Gasteiger partial charge in [0.15, 0.2) is 0 Å². The van der Waals surface area contributed by atoms with Crippen LogP contribution in [0.1, 0.15) is 19.0 Å². The highest BCUT2D eigenvalue weighted by molar-refractivity contribution is 4.99. The van der Waals surface area contributed by atoms with Gasteiger partial charge in [0.2, 0.25) is 0 Å². The molecular formula is C11H19N3O. The molecular weight excluding hydrogens is 190 g/mol. The molecule has 0 saturated carbocycles. The Labute approximate surface area is 90.4 Å². The number of imidazole rings is 1. The maximum Gasteiger partial charge on any atom is 0.0948 e. The van der Waals surface area contributed by atoms with Crippen molar-refractivity contribution in [3.05, 3.63) is 18.2 Å². The molecule has 84 valence electrons. The highest BCUT2D eigenvalue weighted by Crippen LogP contribution is 2.22. The third kappa shape index (κ3) is 2.38. The smallest absolute Gasteiger partial charge is 0.0948 e. The van der Waals surface area contributed by atoms with Crippen molar-refractivity contribution < 1.29 is 4.74 Å². The number of ether oxygens (including phenoxy) is 1. The highest BCUT2D eigenvalue weighted by Gasteiger charge is 2.24. The van der Waals surface area contributed by atoms with Crippen LogP contribution in [-0.4, -0.2) is 28.8 Å². The lowest BCUT2D eigenvalue weighted by molar-refractivity contribution is 0.101. The standard InChI is InChI=1S/C11H19N3O/c1-9-10(3-5-15-9)7-14-8-13-6-11(14)2-4-12/h6,8-10H,2-5,7,12H2,1H3. The molecule has 4 nitrogen and oxygen atoms in total. The summed E-state index contributed by atoms with van der Waals surface area (Å²) in [4.78, 5) is 4.17. The number of hydrogen-bond donors (Lipinski definition) is 1. The second kappa shape index (κ2) is 4.77. The van der Waals surface area contributed by atoms with Gasteiger partial charge < -0.3 is 15.0 Å². The van der Waals surface area contributed by atoms with Crippen molar-refractivity contribution >= 4 is 0 Å². The minimum atomic E-state index is 0.373. The molecule has 0 aromatic carbocycles. The Bertz CT molecular complexity index is 311. The highest BCUT2D eigenvalue weighted by atomic mass is 16.5. The number of rotatable bonds is 4. The van der Waals surface area contributed by atoms with Gasteiger partial charge in [-0.2, -0.15) is 0 Å². The van der Waals surface area contributed by atoms with Gasteiger partial charge in [-0.3, -0.25) is 0 Å². The van der Waals surface area contributed by atoms with Crippen molar-refractivity contribution in [2.24, 2.45) is 11.7 Å². The normalized spacial score (nSPS) is 26.0. The molecule has 4 heteroatoms. The molecule has 1 aliphatic rings. The first kappa shape index (κ1) is 10.6. The number of hydrogen-bond acceptors (Lipinski definition) is 3. The summed E-state index contributed by atoms with van der Waals surface area (Å²) in [7, 11) is 0. The molecule has 0 bridgehead atoms. The molecule has 0 spiro atoms. The number of nitrogens with two attached hydrogens (primary N) is 1. The quantitative estimate of drug-likeness (QED) is 0.798. The molecule has 1 saturated heterocycles. The Morgan fingerprint density at radius 1 is 1.67 bits per heavy atom. The second-order valence-electron chi connectivity index (χ2n) is 4.20. The molecule has 1 aliphatic heterocycles. The summed E-state index contributed by atoms with van der Waals surface area (Å²) >= 11 is 0. The van der Waals surface area contributed by atoms with Crippen molar-refractivity contribution in [2.75, 3.05) is 13.2 Å². The maximum absolute atomic E-state index is 5.56. The second-order valence-corrected chi connectivity index (χ2v) is 4.20. The molecule has 2 atom stereocenters. The van der Waals surface area contributed by atoms with E-state index >= 15 is 0 Å². The summed E-state index contributed by atoms with van der Waals surface area (Å²) in [5.74, 6) is 0.621. The summed E-state index contributed by atoms with van der Waals surface area (Å²) in [5, 5.41) is 0. The summed E-state index contributed by atoms with van der Waals surface area (Å²) < 4.78 is 7.77. The Balaban J connectivity index is 2.00. The fraction of sp³-hybridized carbons (Fsp3) is 0.727. The van der Waals surface area contributed by atoms with Crippen LogP contribution in [-0.2, 0) is 17.7 Å². The van der Waals surface area contributed by atoms with Crippen molar-refractivity contribution in [2.45, 2.75) is 32.4 Å². The number of nitrogens with zero attached hydrogens (tertiary/aromatic N) is 2. The van der Waals surface area contributed by atoms with Crippen LogP contribution in [0, 0.1) is 5.92 Å². The molecule has 15 heavy (non-hydrogen) atoms. The first-order chi connectivity index (χ1) is 7.31. The molecule has 1 fully saturated rings. The molecule has 2 N–H and O–H groups in total. The molecule has 2 unspecified atom stereocenters. The molecule has 0 amide bonds. The van der Waals surface area contributed by atoms with Crippen molar-refractivity contribution in [3.8, 4) is 0 Å². The zero-order valence-electron chi connectivity index (χ0n) is 9.22. The fourth-order valence-electron chi connectivity index (χ4n) is 2.14. The van der Waals surface area contributed by atoms with Gasteiger partial charge in [-0.15, -0.1) is 0 Å². The lowest BCUT2D eigenvalue weighted by Crippen LogP contribution is -2.19. The van der Waals surface area contributed by atoms with E-state index in [4.69, 9.17) is 10.5 Å². The minimum Gasteiger partial charge on any atom is -0.378 e. The lowest BCUT2D eigenvalue weighted by Gasteiger charge is -2.16. The molecule has 1 aromatic heterocycles. The van der Waals surface area contributed by atoms with Crippen molar-refractivity contribution in [3.63, 3.8) is 0 Å². The van der Waals surface area contributed by atoms with E-state index in [9.17, 15) is 0 Å². The molecule has 0 radical (unpaired) electrons. The molecule has 2 rings (SSSR count). The van der Waals surface area contributed by atoms with E-state index in [-0.39, 0.29) is 0 Å². The predicted octanol–water partition coefficient (Wildman–Crippen LogP) is 0.809. The van der Waals surface area contributed by atoms with Crippen LogP contribution in [0.4, 0.5) is 0 Å². The zero-order valence-corrected chi connectivity index (χ0v) is 9.22. The third-order valence-electron chi connectivity index (χ3n) is 3.16. The van der Waals surface area contributed by atoms with Gasteiger partial charge in [0.25, 0.3) is 0 Å². The van der Waals surface area contributed by atoms with Gasteiger partial charge in [-0.25, -0.2) is 4.98 Å².